The molecule has 5 nitrogen and oxygen atoms in total. The summed E-state index contributed by atoms with van der Waals surface area (Å²) < 4.78 is 7.70. The van der Waals surface area contributed by atoms with Crippen molar-refractivity contribution < 1.29 is 4.74 Å². The molecule has 0 saturated heterocycles. The number of benzene rings is 3. The van der Waals surface area contributed by atoms with Gasteiger partial charge in [0.1, 0.15) is 17.9 Å². The summed E-state index contributed by atoms with van der Waals surface area (Å²) in [4.78, 5) is 15.4. The van der Waals surface area contributed by atoms with Gasteiger partial charge >= 0.3 is 5.69 Å². The molecular weight excluding hydrogens is 362 g/mol. The van der Waals surface area contributed by atoms with Gasteiger partial charge < -0.3 is 15.0 Å². The van der Waals surface area contributed by atoms with Crippen LogP contribution in [-0.4, -0.2) is 22.7 Å². The Morgan fingerprint density at radius 3 is 2.59 bits per heavy atom. The van der Waals surface area contributed by atoms with Gasteiger partial charge in [-0.25, -0.2) is 4.79 Å². The smallest absolute Gasteiger partial charge is 0.326 e. The Morgan fingerprint density at radius 2 is 1.76 bits per heavy atom. The fraction of sp³-hybridized carbons (Fsp3) is 0.208. The van der Waals surface area contributed by atoms with E-state index < -0.39 is 0 Å². The largest absolute Gasteiger partial charge is 0.490 e. The minimum Gasteiger partial charge on any atom is -0.490 e. The number of ether oxygens (including phenoxy) is 1. The molecule has 3 aromatic carbocycles. The quantitative estimate of drug-likeness (QED) is 0.452. The number of para-hydroxylation sites is 1. The minimum absolute atomic E-state index is 0.127. The summed E-state index contributed by atoms with van der Waals surface area (Å²) in [6.07, 6.45) is 0. The van der Waals surface area contributed by atoms with Crippen molar-refractivity contribution in [3.05, 3.63) is 100.0 Å². The van der Waals surface area contributed by atoms with Gasteiger partial charge in [0.15, 0.2) is 0 Å². The first-order valence-corrected chi connectivity index (χ1v) is 9.85. The summed E-state index contributed by atoms with van der Waals surface area (Å²) in [5.41, 5.74) is 5.07. The average Bonchev–Trinajstić information content (AvgIpc) is 3.05. The number of imidazole rings is 1. The zero-order chi connectivity index (χ0) is 20.1. The zero-order valence-electron chi connectivity index (χ0n) is 16.5. The standard InChI is InChI=1S/C24H25N3O2/c1-18-7-5-10-20(15-18)16-25-13-14-29-22-12-6-11-21-23(22)26-24(28)27(21)17-19-8-3-2-4-9-19/h2-12,15,25H,13-14,16-17H2,1H3,(H,26,28). The molecule has 0 fully saturated rings. The maximum Gasteiger partial charge on any atom is 0.326 e. The van der Waals surface area contributed by atoms with Crippen molar-refractivity contribution in [1.82, 2.24) is 14.9 Å². The number of nitrogens with one attached hydrogen (secondary N) is 2. The maximum absolute atomic E-state index is 12.5. The van der Waals surface area contributed by atoms with E-state index >= 15 is 0 Å². The van der Waals surface area contributed by atoms with Gasteiger partial charge in [-0.3, -0.25) is 4.57 Å². The van der Waals surface area contributed by atoms with Crippen LogP contribution >= 0.6 is 0 Å². The molecule has 0 aliphatic rings. The van der Waals surface area contributed by atoms with Crippen LogP contribution in [0, 0.1) is 6.92 Å². The van der Waals surface area contributed by atoms with Gasteiger partial charge in [-0.1, -0.05) is 66.2 Å². The summed E-state index contributed by atoms with van der Waals surface area (Å²) in [5.74, 6) is 0.698. The number of nitrogens with zero attached hydrogens (tertiary/aromatic N) is 1. The molecule has 1 heterocycles. The molecule has 0 radical (unpaired) electrons. The van der Waals surface area contributed by atoms with Crippen molar-refractivity contribution in [3.8, 4) is 5.75 Å². The Kier molecular flexibility index (Phi) is 5.77. The molecule has 4 rings (SSSR count). The zero-order valence-corrected chi connectivity index (χ0v) is 16.5. The van der Waals surface area contributed by atoms with Gasteiger partial charge in [0.25, 0.3) is 0 Å². The Morgan fingerprint density at radius 1 is 0.966 bits per heavy atom. The van der Waals surface area contributed by atoms with Gasteiger partial charge in [-0.15, -0.1) is 0 Å². The van der Waals surface area contributed by atoms with Gasteiger partial charge in [-0.05, 0) is 30.2 Å². The molecule has 148 valence electrons. The Bertz CT molecular complexity index is 1150. The highest BCUT2D eigenvalue weighted by molar-refractivity contribution is 5.81. The fourth-order valence-electron chi connectivity index (χ4n) is 3.49. The Balaban J connectivity index is 1.40. The second-order valence-corrected chi connectivity index (χ2v) is 7.17. The van der Waals surface area contributed by atoms with E-state index in [9.17, 15) is 4.79 Å². The molecule has 0 unspecified atom stereocenters. The van der Waals surface area contributed by atoms with Crippen LogP contribution in [0.5, 0.6) is 5.75 Å². The lowest BCUT2D eigenvalue weighted by molar-refractivity contribution is 0.316. The van der Waals surface area contributed by atoms with Crippen LogP contribution in [0.15, 0.2) is 77.6 Å². The topological polar surface area (TPSA) is 59.0 Å². The molecule has 5 heteroatoms. The van der Waals surface area contributed by atoms with E-state index in [4.69, 9.17) is 4.74 Å². The predicted molar refractivity (Wildman–Crippen MR) is 116 cm³/mol. The van der Waals surface area contributed by atoms with Crippen LogP contribution in [0.25, 0.3) is 11.0 Å². The van der Waals surface area contributed by atoms with E-state index in [-0.39, 0.29) is 5.69 Å². The number of aryl methyl sites for hydroxylation is 1. The van der Waals surface area contributed by atoms with Gasteiger partial charge in [-0.2, -0.15) is 0 Å². The third kappa shape index (κ3) is 4.58. The lowest BCUT2D eigenvalue weighted by Gasteiger charge is -2.09. The van der Waals surface area contributed by atoms with E-state index in [2.05, 4.69) is 41.5 Å². The van der Waals surface area contributed by atoms with Crippen molar-refractivity contribution >= 4 is 11.0 Å². The first-order chi connectivity index (χ1) is 14.2. The molecule has 0 bridgehead atoms. The second-order valence-electron chi connectivity index (χ2n) is 7.17. The number of fused-ring (bicyclic) bond motifs is 1. The average molecular weight is 387 g/mol. The molecule has 2 N–H and O–H groups in total. The van der Waals surface area contributed by atoms with Gasteiger partial charge in [0, 0.05) is 13.1 Å². The highest BCUT2D eigenvalue weighted by Gasteiger charge is 2.11. The highest BCUT2D eigenvalue weighted by atomic mass is 16.5. The van der Waals surface area contributed by atoms with Gasteiger partial charge in [0.2, 0.25) is 0 Å². The normalized spacial score (nSPS) is 11.1. The number of H-pyrrole nitrogens is 1. The Labute approximate surface area is 170 Å². The molecule has 0 atom stereocenters. The number of rotatable bonds is 8. The third-order valence-corrected chi connectivity index (χ3v) is 4.90. The molecule has 0 aliphatic heterocycles. The molecule has 0 amide bonds. The SMILES string of the molecule is Cc1cccc(CNCCOc2cccc3c2[nH]c(=O)n3Cc2ccccc2)c1. The lowest BCUT2D eigenvalue weighted by Crippen LogP contribution is -2.20. The van der Waals surface area contributed by atoms with Crippen LogP contribution in [0.4, 0.5) is 0 Å². The minimum atomic E-state index is -0.127. The van der Waals surface area contributed by atoms with E-state index in [1.807, 2.05) is 48.5 Å². The van der Waals surface area contributed by atoms with Crippen molar-refractivity contribution in [3.63, 3.8) is 0 Å². The van der Waals surface area contributed by atoms with Gasteiger partial charge in [0.05, 0.1) is 12.1 Å². The van der Waals surface area contributed by atoms with Crippen LogP contribution < -0.4 is 15.7 Å². The summed E-state index contributed by atoms with van der Waals surface area (Å²) in [6, 6.07) is 24.2. The number of hydrogen-bond acceptors (Lipinski definition) is 3. The van der Waals surface area contributed by atoms with Crippen molar-refractivity contribution in [1.29, 1.82) is 0 Å². The van der Waals surface area contributed by atoms with E-state index in [1.54, 1.807) is 4.57 Å². The number of aromatic nitrogens is 2. The van der Waals surface area contributed by atoms with Crippen molar-refractivity contribution in [2.45, 2.75) is 20.0 Å². The van der Waals surface area contributed by atoms with Crippen molar-refractivity contribution in [2.75, 3.05) is 13.2 Å². The molecule has 0 aliphatic carbocycles. The molecule has 0 saturated carbocycles. The van der Waals surface area contributed by atoms with Crippen LogP contribution in [0.1, 0.15) is 16.7 Å². The summed E-state index contributed by atoms with van der Waals surface area (Å²) >= 11 is 0. The Hall–Kier alpha value is -3.31. The first kappa shape index (κ1) is 19.0. The molecule has 0 spiro atoms. The second kappa shape index (κ2) is 8.80. The fourth-order valence-corrected chi connectivity index (χ4v) is 3.49. The number of aromatic amines is 1. The summed E-state index contributed by atoms with van der Waals surface area (Å²) in [7, 11) is 0. The first-order valence-electron chi connectivity index (χ1n) is 9.85. The van der Waals surface area contributed by atoms with Crippen LogP contribution in [0.3, 0.4) is 0 Å². The third-order valence-electron chi connectivity index (χ3n) is 4.90. The monoisotopic (exact) mass is 387 g/mol. The van der Waals surface area contributed by atoms with Crippen molar-refractivity contribution in [2.24, 2.45) is 0 Å². The van der Waals surface area contributed by atoms with Crippen LogP contribution in [0.2, 0.25) is 0 Å². The van der Waals surface area contributed by atoms with Crippen LogP contribution in [-0.2, 0) is 13.1 Å². The highest BCUT2D eigenvalue weighted by Crippen LogP contribution is 2.23. The lowest BCUT2D eigenvalue weighted by atomic mass is 10.1. The molecule has 29 heavy (non-hydrogen) atoms. The molecule has 4 aromatic rings. The molecule has 1 aromatic heterocycles. The summed E-state index contributed by atoms with van der Waals surface area (Å²) in [5, 5.41) is 3.39. The van der Waals surface area contributed by atoms with E-state index in [0.29, 0.717) is 18.9 Å². The number of hydrogen-bond donors (Lipinski definition) is 2. The van der Waals surface area contributed by atoms with E-state index in [0.717, 1.165) is 29.7 Å². The summed E-state index contributed by atoms with van der Waals surface area (Å²) in [6.45, 7) is 4.68. The predicted octanol–water partition coefficient (Wildman–Crippen LogP) is 3.85. The maximum atomic E-state index is 12.5. The molecular formula is C24H25N3O2. The van der Waals surface area contributed by atoms with E-state index in [1.165, 1.54) is 11.1 Å².